The van der Waals surface area contributed by atoms with E-state index in [-0.39, 0.29) is 5.91 Å². The molecule has 6 heteroatoms. The highest BCUT2D eigenvalue weighted by atomic mass is 35.5. The number of carbonyl (C=O) groups excluding carboxylic acids is 1. The van der Waals surface area contributed by atoms with Crippen LogP contribution in [0.5, 0.6) is 11.5 Å². The summed E-state index contributed by atoms with van der Waals surface area (Å²) in [7, 11) is 0. The third kappa shape index (κ3) is 5.32. The normalized spacial score (nSPS) is 11.6. The van der Waals surface area contributed by atoms with Crippen LogP contribution in [0, 0.1) is 0 Å². The quantitative estimate of drug-likeness (QED) is 0.705. The van der Waals surface area contributed by atoms with Gasteiger partial charge in [-0.25, -0.2) is 0 Å². The summed E-state index contributed by atoms with van der Waals surface area (Å²) in [6.45, 7) is 2.55. The monoisotopic (exact) mass is 367 g/mol. The number of halogens is 2. The molecular formula is C18H19Cl2NO3. The summed E-state index contributed by atoms with van der Waals surface area (Å²) in [5.74, 6) is 0.876. The fourth-order valence-electron chi connectivity index (χ4n) is 2.03. The van der Waals surface area contributed by atoms with E-state index < -0.39 is 6.10 Å². The Labute approximate surface area is 151 Å². The Balaban J connectivity index is 1.80. The summed E-state index contributed by atoms with van der Waals surface area (Å²) in [6, 6.07) is 14.3. The first-order chi connectivity index (χ1) is 11.6. The van der Waals surface area contributed by atoms with Crippen LogP contribution in [0.3, 0.4) is 0 Å². The highest BCUT2D eigenvalue weighted by molar-refractivity contribution is 6.32. The number of amides is 1. The summed E-state index contributed by atoms with van der Waals surface area (Å²) in [6.07, 6.45) is -0.0761. The zero-order valence-electron chi connectivity index (χ0n) is 13.3. The highest BCUT2D eigenvalue weighted by Crippen LogP contribution is 2.25. The minimum atomic E-state index is -0.606. The molecule has 0 radical (unpaired) electrons. The van der Waals surface area contributed by atoms with Gasteiger partial charge < -0.3 is 14.8 Å². The van der Waals surface area contributed by atoms with Gasteiger partial charge in [-0.3, -0.25) is 4.79 Å². The van der Waals surface area contributed by atoms with E-state index in [1.54, 1.807) is 24.3 Å². The van der Waals surface area contributed by atoms with Gasteiger partial charge in [-0.15, -0.1) is 0 Å². The first-order valence-corrected chi connectivity index (χ1v) is 8.43. The van der Waals surface area contributed by atoms with E-state index in [1.807, 2.05) is 31.2 Å². The molecule has 2 aromatic rings. The van der Waals surface area contributed by atoms with Gasteiger partial charge in [0.1, 0.15) is 18.1 Å². The molecule has 0 aromatic heterocycles. The lowest BCUT2D eigenvalue weighted by Crippen LogP contribution is -2.39. The van der Waals surface area contributed by atoms with Gasteiger partial charge in [0.05, 0.1) is 16.6 Å². The van der Waals surface area contributed by atoms with Crippen LogP contribution < -0.4 is 14.8 Å². The Kier molecular flexibility index (Phi) is 7.22. The van der Waals surface area contributed by atoms with Crippen molar-refractivity contribution in [1.29, 1.82) is 0 Å². The summed E-state index contributed by atoms with van der Waals surface area (Å²) in [4.78, 5) is 12.2. The van der Waals surface area contributed by atoms with Gasteiger partial charge in [-0.2, -0.15) is 0 Å². The first kappa shape index (κ1) is 18.4. The van der Waals surface area contributed by atoms with Crippen molar-refractivity contribution < 1.29 is 14.3 Å². The fourth-order valence-corrected chi connectivity index (χ4v) is 2.40. The smallest absolute Gasteiger partial charge is 0.261 e. The number of nitrogens with one attached hydrogen (secondary N) is 1. The molecule has 0 aliphatic heterocycles. The van der Waals surface area contributed by atoms with Crippen LogP contribution >= 0.6 is 23.2 Å². The molecule has 0 spiro atoms. The number of hydrogen-bond acceptors (Lipinski definition) is 3. The van der Waals surface area contributed by atoms with Crippen molar-refractivity contribution in [2.24, 2.45) is 0 Å². The molecule has 24 heavy (non-hydrogen) atoms. The van der Waals surface area contributed by atoms with Gasteiger partial charge in [0.25, 0.3) is 5.91 Å². The van der Waals surface area contributed by atoms with Gasteiger partial charge in [0.2, 0.25) is 0 Å². The topological polar surface area (TPSA) is 47.6 Å². The molecule has 0 bridgehead atoms. The molecular weight excluding hydrogens is 349 g/mol. The van der Waals surface area contributed by atoms with Crippen molar-refractivity contribution >= 4 is 29.1 Å². The largest absolute Gasteiger partial charge is 0.490 e. The van der Waals surface area contributed by atoms with Gasteiger partial charge in [0, 0.05) is 0 Å². The zero-order valence-corrected chi connectivity index (χ0v) is 14.8. The molecule has 0 aliphatic rings. The van der Waals surface area contributed by atoms with E-state index in [0.717, 1.165) is 0 Å². The van der Waals surface area contributed by atoms with Crippen molar-refractivity contribution in [2.45, 2.75) is 19.4 Å². The predicted molar refractivity (Wildman–Crippen MR) is 96.1 cm³/mol. The van der Waals surface area contributed by atoms with Gasteiger partial charge in [-0.05, 0) is 30.7 Å². The van der Waals surface area contributed by atoms with Gasteiger partial charge >= 0.3 is 0 Å². The number of para-hydroxylation sites is 2. The van der Waals surface area contributed by atoms with E-state index in [2.05, 4.69) is 5.32 Å². The van der Waals surface area contributed by atoms with Crippen LogP contribution in [-0.4, -0.2) is 25.2 Å². The van der Waals surface area contributed by atoms with Crippen molar-refractivity contribution in [3.05, 3.63) is 58.6 Å². The maximum absolute atomic E-state index is 12.2. The van der Waals surface area contributed by atoms with Crippen LogP contribution in [0.1, 0.15) is 13.3 Å². The SMILES string of the molecule is CC[C@@H](Oc1ccccc1Cl)C(=O)NCCOc1ccccc1Cl. The summed E-state index contributed by atoms with van der Waals surface area (Å²) in [5, 5.41) is 3.80. The Bertz CT molecular complexity index is 679. The third-order valence-corrected chi connectivity index (χ3v) is 3.89. The second kappa shape index (κ2) is 9.40. The summed E-state index contributed by atoms with van der Waals surface area (Å²) < 4.78 is 11.2. The van der Waals surface area contributed by atoms with E-state index in [1.165, 1.54) is 0 Å². The molecule has 0 unspecified atom stereocenters. The molecule has 1 atom stereocenters. The number of carbonyl (C=O) groups is 1. The number of hydrogen-bond donors (Lipinski definition) is 1. The molecule has 0 aliphatic carbocycles. The number of rotatable bonds is 8. The Hall–Kier alpha value is -1.91. The fraction of sp³-hybridized carbons (Fsp3) is 0.278. The number of benzene rings is 2. The standard InChI is InChI=1S/C18H19Cl2NO3/c1-2-15(24-17-10-6-4-8-14(17)20)18(22)21-11-12-23-16-9-5-3-7-13(16)19/h3-10,15H,2,11-12H2,1H3,(H,21,22)/t15-/m1/s1. The maximum Gasteiger partial charge on any atom is 0.261 e. The van der Waals surface area contributed by atoms with E-state index in [9.17, 15) is 4.79 Å². The van der Waals surface area contributed by atoms with Crippen LogP contribution in [0.15, 0.2) is 48.5 Å². The lowest BCUT2D eigenvalue weighted by molar-refractivity contribution is -0.128. The van der Waals surface area contributed by atoms with Gasteiger partial charge in [-0.1, -0.05) is 54.4 Å². The van der Waals surface area contributed by atoms with Crippen molar-refractivity contribution in [3.8, 4) is 11.5 Å². The van der Waals surface area contributed by atoms with Crippen LogP contribution in [0.2, 0.25) is 10.0 Å². The van der Waals surface area contributed by atoms with E-state index in [4.69, 9.17) is 32.7 Å². The van der Waals surface area contributed by atoms with Crippen LogP contribution in [-0.2, 0) is 4.79 Å². The molecule has 0 saturated heterocycles. The van der Waals surface area contributed by atoms with Crippen molar-refractivity contribution in [2.75, 3.05) is 13.2 Å². The Morgan fingerprint density at radius 3 is 2.21 bits per heavy atom. The number of ether oxygens (including phenoxy) is 2. The minimum absolute atomic E-state index is 0.208. The molecule has 2 aromatic carbocycles. The van der Waals surface area contributed by atoms with Crippen molar-refractivity contribution in [1.82, 2.24) is 5.32 Å². The van der Waals surface area contributed by atoms with Crippen LogP contribution in [0.4, 0.5) is 0 Å². The third-order valence-electron chi connectivity index (χ3n) is 3.26. The zero-order chi connectivity index (χ0) is 17.4. The van der Waals surface area contributed by atoms with Crippen LogP contribution in [0.25, 0.3) is 0 Å². The highest BCUT2D eigenvalue weighted by Gasteiger charge is 2.18. The molecule has 1 N–H and O–H groups in total. The molecule has 0 fully saturated rings. The molecule has 4 nitrogen and oxygen atoms in total. The van der Waals surface area contributed by atoms with E-state index in [0.29, 0.717) is 41.1 Å². The average molecular weight is 368 g/mol. The molecule has 1 amide bonds. The summed E-state index contributed by atoms with van der Waals surface area (Å²) >= 11 is 12.0. The lowest BCUT2D eigenvalue weighted by Gasteiger charge is -2.18. The first-order valence-electron chi connectivity index (χ1n) is 7.68. The predicted octanol–water partition coefficient (Wildman–Crippen LogP) is 4.35. The second-order valence-corrected chi connectivity index (χ2v) is 5.83. The van der Waals surface area contributed by atoms with Crippen molar-refractivity contribution in [3.63, 3.8) is 0 Å². The molecule has 128 valence electrons. The average Bonchev–Trinajstić information content (AvgIpc) is 2.59. The second-order valence-electron chi connectivity index (χ2n) is 5.02. The Morgan fingerprint density at radius 2 is 1.62 bits per heavy atom. The minimum Gasteiger partial charge on any atom is -0.490 e. The lowest BCUT2D eigenvalue weighted by atomic mass is 10.2. The van der Waals surface area contributed by atoms with E-state index >= 15 is 0 Å². The van der Waals surface area contributed by atoms with Gasteiger partial charge in [0.15, 0.2) is 6.10 Å². The maximum atomic E-state index is 12.2. The summed E-state index contributed by atoms with van der Waals surface area (Å²) in [5.41, 5.74) is 0. The molecule has 2 rings (SSSR count). The molecule has 0 saturated carbocycles. The molecule has 0 heterocycles. The Morgan fingerprint density at radius 1 is 1.04 bits per heavy atom.